The highest BCUT2D eigenvalue weighted by Gasteiger charge is 2.13. The number of methoxy groups -OCH3 is 1. The van der Waals surface area contributed by atoms with Gasteiger partial charge in [0.05, 0.1) is 24.2 Å². The third-order valence-electron chi connectivity index (χ3n) is 3.05. The third kappa shape index (κ3) is 2.84. The molecular weight excluding hydrogens is 304 g/mol. The molecule has 0 bridgehead atoms. The van der Waals surface area contributed by atoms with Crippen LogP contribution in [0.15, 0.2) is 40.9 Å². The monoisotopic (exact) mass is 320 g/mol. The maximum absolute atomic E-state index is 6.06. The molecule has 0 spiro atoms. The molecule has 0 radical (unpaired) electrons. The van der Waals surface area contributed by atoms with Gasteiger partial charge in [-0.2, -0.15) is 0 Å². The number of rotatable bonds is 3. The minimum absolute atomic E-state index is 0.745. The number of halogens is 1. The number of ether oxygens (including phenoxy) is 1. The zero-order valence-corrected chi connectivity index (χ0v) is 12.9. The van der Waals surface area contributed by atoms with Gasteiger partial charge in [0.1, 0.15) is 5.75 Å². The number of hydrogen-bond acceptors (Lipinski definition) is 3. The summed E-state index contributed by atoms with van der Waals surface area (Å²) < 4.78 is 6.41. The first-order chi connectivity index (χ1) is 9.02. The Hall–Kier alpha value is -1.68. The van der Waals surface area contributed by atoms with E-state index in [0.29, 0.717) is 0 Å². The van der Waals surface area contributed by atoms with Crippen LogP contribution < -0.4 is 15.4 Å². The second-order valence-electron chi connectivity index (χ2n) is 4.44. The van der Waals surface area contributed by atoms with Gasteiger partial charge >= 0.3 is 0 Å². The van der Waals surface area contributed by atoms with E-state index in [-0.39, 0.29) is 0 Å². The van der Waals surface area contributed by atoms with E-state index in [4.69, 9.17) is 10.5 Å². The lowest BCUT2D eigenvalue weighted by molar-refractivity contribution is 0.415. The number of aryl methyl sites for hydroxylation is 1. The van der Waals surface area contributed by atoms with Crippen LogP contribution in [-0.2, 0) is 0 Å². The van der Waals surface area contributed by atoms with Crippen LogP contribution in [0.4, 0.5) is 17.1 Å². The maximum atomic E-state index is 6.06. The molecule has 0 saturated carbocycles. The lowest BCUT2D eigenvalue weighted by Gasteiger charge is -2.24. The van der Waals surface area contributed by atoms with Crippen LogP contribution in [0.25, 0.3) is 0 Å². The molecule has 2 aromatic rings. The average molecular weight is 321 g/mol. The van der Waals surface area contributed by atoms with E-state index in [0.717, 1.165) is 27.3 Å². The van der Waals surface area contributed by atoms with E-state index in [1.54, 1.807) is 7.11 Å². The van der Waals surface area contributed by atoms with Gasteiger partial charge in [0, 0.05) is 11.5 Å². The molecule has 4 heteroatoms. The van der Waals surface area contributed by atoms with E-state index in [9.17, 15) is 0 Å². The van der Waals surface area contributed by atoms with Gasteiger partial charge in [-0.05, 0) is 42.8 Å². The first-order valence-electron chi connectivity index (χ1n) is 5.96. The van der Waals surface area contributed by atoms with Gasteiger partial charge in [0.2, 0.25) is 0 Å². The first kappa shape index (κ1) is 13.7. The van der Waals surface area contributed by atoms with Crippen LogP contribution in [0.1, 0.15) is 5.56 Å². The molecule has 0 aliphatic heterocycles. The van der Waals surface area contributed by atoms with Crippen molar-refractivity contribution in [3.8, 4) is 5.75 Å². The maximum Gasteiger partial charge on any atom is 0.142 e. The summed E-state index contributed by atoms with van der Waals surface area (Å²) in [6.45, 7) is 2.05. The van der Waals surface area contributed by atoms with Crippen molar-refractivity contribution in [3.63, 3.8) is 0 Å². The molecule has 2 N–H and O–H groups in total. The number of anilines is 3. The highest BCUT2D eigenvalue weighted by atomic mass is 79.9. The minimum atomic E-state index is 0.745. The molecule has 2 aromatic carbocycles. The van der Waals surface area contributed by atoms with Crippen LogP contribution in [-0.4, -0.2) is 14.2 Å². The molecule has 0 heterocycles. The van der Waals surface area contributed by atoms with E-state index in [2.05, 4.69) is 28.9 Å². The van der Waals surface area contributed by atoms with E-state index < -0.39 is 0 Å². The molecule has 3 nitrogen and oxygen atoms in total. The van der Waals surface area contributed by atoms with Gasteiger partial charge in [-0.1, -0.05) is 22.0 Å². The summed E-state index contributed by atoms with van der Waals surface area (Å²) in [5.41, 5.74) is 9.92. The van der Waals surface area contributed by atoms with E-state index >= 15 is 0 Å². The minimum Gasteiger partial charge on any atom is -0.495 e. The number of hydrogen-bond donors (Lipinski definition) is 1. The molecule has 0 amide bonds. The standard InChI is InChI=1S/C15H17BrN2O/c1-10-4-6-12(17)13(8-10)18(2)14-9-11(16)5-7-15(14)19-3/h4-9H,17H2,1-3H3. The van der Waals surface area contributed by atoms with Crippen molar-refractivity contribution in [2.24, 2.45) is 0 Å². The molecule has 0 unspecified atom stereocenters. The Morgan fingerprint density at radius 1 is 1.11 bits per heavy atom. The average Bonchev–Trinajstić information content (AvgIpc) is 2.40. The van der Waals surface area contributed by atoms with Gasteiger partial charge in [-0.3, -0.25) is 0 Å². The fourth-order valence-corrected chi connectivity index (χ4v) is 2.35. The summed E-state index contributed by atoms with van der Waals surface area (Å²) in [6, 6.07) is 11.9. The largest absolute Gasteiger partial charge is 0.495 e. The van der Waals surface area contributed by atoms with Crippen molar-refractivity contribution >= 4 is 33.0 Å². The van der Waals surface area contributed by atoms with Crippen LogP contribution in [0.3, 0.4) is 0 Å². The van der Waals surface area contributed by atoms with E-state index in [1.807, 2.05) is 42.3 Å². The van der Waals surface area contributed by atoms with Crippen molar-refractivity contribution in [1.29, 1.82) is 0 Å². The Balaban J connectivity index is 2.51. The van der Waals surface area contributed by atoms with Gasteiger partial charge in [-0.15, -0.1) is 0 Å². The third-order valence-corrected chi connectivity index (χ3v) is 3.54. The fraction of sp³-hybridized carbons (Fsp3) is 0.200. The summed E-state index contributed by atoms with van der Waals surface area (Å²) in [4.78, 5) is 2.03. The van der Waals surface area contributed by atoms with Crippen molar-refractivity contribution in [1.82, 2.24) is 0 Å². The summed E-state index contributed by atoms with van der Waals surface area (Å²) >= 11 is 3.49. The number of benzene rings is 2. The molecule has 0 aliphatic rings. The Kier molecular flexibility index (Phi) is 4.00. The molecule has 0 fully saturated rings. The Bertz CT molecular complexity index is 599. The molecular formula is C15H17BrN2O. The summed E-state index contributed by atoms with van der Waals surface area (Å²) in [6.07, 6.45) is 0. The quantitative estimate of drug-likeness (QED) is 0.865. The van der Waals surface area contributed by atoms with E-state index in [1.165, 1.54) is 5.56 Å². The molecule has 2 rings (SSSR count). The Labute approximate surface area is 122 Å². The second-order valence-corrected chi connectivity index (χ2v) is 5.35. The van der Waals surface area contributed by atoms with Crippen LogP contribution >= 0.6 is 15.9 Å². The fourth-order valence-electron chi connectivity index (χ4n) is 2.00. The predicted molar refractivity (Wildman–Crippen MR) is 84.3 cm³/mol. The molecule has 0 saturated heterocycles. The predicted octanol–water partition coefficient (Wildman–Crippen LogP) is 4.12. The molecule has 19 heavy (non-hydrogen) atoms. The van der Waals surface area contributed by atoms with Crippen molar-refractivity contribution in [2.75, 3.05) is 24.8 Å². The van der Waals surface area contributed by atoms with Crippen LogP contribution in [0.5, 0.6) is 5.75 Å². The zero-order valence-electron chi connectivity index (χ0n) is 11.3. The lowest BCUT2D eigenvalue weighted by Crippen LogP contribution is -2.13. The van der Waals surface area contributed by atoms with Crippen molar-refractivity contribution < 1.29 is 4.74 Å². The van der Waals surface area contributed by atoms with Gasteiger partial charge in [0.15, 0.2) is 0 Å². The van der Waals surface area contributed by atoms with Gasteiger partial charge < -0.3 is 15.4 Å². The van der Waals surface area contributed by atoms with Crippen LogP contribution in [0, 0.1) is 6.92 Å². The highest BCUT2D eigenvalue weighted by molar-refractivity contribution is 9.10. The van der Waals surface area contributed by atoms with Crippen LogP contribution in [0.2, 0.25) is 0 Å². The smallest absolute Gasteiger partial charge is 0.142 e. The Morgan fingerprint density at radius 2 is 1.84 bits per heavy atom. The number of nitrogens with two attached hydrogens (primary N) is 1. The first-order valence-corrected chi connectivity index (χ1v) is 6.75. The summed E-state index contributed by atoms with van der Waals surface area (Å²) in [5.74, 6) is 0.812. The molecule has 0 atom stereocenters. The lowest BCUT2D eigenvalue weighted by atomic mass is 10.1. The zero-order chi connectivity index (χ0) is 14.0. The van der Waals surface area contributed by atoms with Crippen molar-refractivity contribution in [3.05, 3.63) is 46.4 Å². The topological polar surface area (TPSA) is 38.5 Å². The Morgan fingerprint density at radius 3 is 2.53 bits per heavy atom. The summed E-state index contributed by atoms with van der Waals surface area (Å²) in [5, 5.41) is 0. The molecule has 100 valence electrons. The highest BCUT2D eigenvalue weighted by Crippen LogP contribution is 2.37. The normalized spacial score (nSPS) is 10.3. The number of nitrogens with zero attached hydrogens (tertiary/aromatic N) is 1. The second kappa shape index (κ2) is 5.53. The van der Waals surface area contributed by atoms with Gasteiger partial charge in [-0.25, -0.2) is 0 Å². The number of nitrogen functional groups attached to an aromatic ring is 1. The molecule has 0 aliphatic carbocycles. The SMILES string of the molecule is COc1ccc(Br)cc1N(C)c1cc(C)ccc1N. The van der Waals surface area contributed by atoms with Gasteiger partial charge in [0.25, 0.3) is 0 Å². The molecule has 0 aromatic heterocycles. The summed E-state index contributed by atoms with van der Waals surface area (Å²) in [7, 11) is 3.65. The van der Waals surface area contributed by atoms with Crippen molar-refractivity contribution in [2.45, 2.75) is 6.92 Å².